The zero-order chi connectivity index (χ0) is 28.6. The van der Waals surface area contributed by atoms with E-state index in [-0.39, 0.29) is 50.9 Å². The second kappa shape index (κ2) is 12.2. The van der Waals surface area contributed by atoms with Gasteiger partial charge in [-0.25, -0.2) is 13.2 Å². The molecule has 222 valence electrons. The molecule has 0 bridgehead atoms. The Kier molecular flexibility index (Phi) is 10.1. The lowest BCUT2D eigenvalue weighted by Crippen LogP contribution is -2.69. The van der Waals surface area contributed by atoms with Crippen molar-refractivity contribution in [2.45, 2.75) is 115 Å². The topological polar surface area (TPSA) is 49.3 Å². The summed E-state index contributed by atoms with van der Waals surface area (Å²) in [5, 5.41) is 13.0. The summed E-state index contributed by atoms with van der Waals surface area (Å²) in [6.07, 6.45) is -16.6. The van der Waals surface area contributed by atoms with Crippen molar-refractivity contribution in [1.82, 2.24) is 5.32 Å². The highest BCUT2D eigenvalue weighted by atomic mass is 19.4. The summed E-state index contributed by atoms with van der Waals surface area (Å²) in [4.78, 5) is 13.8. The van der Waals surface area contributed by atoms with Crippen LogP contribution in [0.25, 0.3) is 0 Å². The quantitative estimate of drug-likeness (QED) is 0.330. The molecule has 38 heavy (non-hydrogen) atoms. The van der Waals surface area contributed by atoms with Crippen molar-refractivity contribution >= 4 is 5.78 Å². The number of Topliss-reactive ketones (excluding diaryl/α,β-unsaturated/α-hetero) is 1. The van der Waals surface area contributed by atoms with E-state index in [0.717, 1.165) is 0 Å². The molecule has 0 amide bonds. The molecule has 1 aliphatic heterocycles. The summed E-state index contributed by atoms with van der Waals surface area (Å²) >= 11 is 0. The van der Waals surface area contributed by atoms with Gasteiger partial charge in [0.05, 0.1) is 18.1 Å². The first-order chi connectivity index (χ1) is 17.5. The molecule has 12 heteroatoms. The lowest BCUT2D eigenvalue weighted by atomic mass is 9.57. The van der Waals surface area contributed by atoms with E-state index >= 15 is 0 Å². The molecule has 0 radical (unpaired) electrons. The molecule has 2 saturated carbocycles. The van der Waals surface area contributed by atoms with Gasteiger partial charge in [0.25, 0.3) is 6.43 Å². The molecular weight excluding hydrogens is 529 g/mol. The predicted molar refractivity (Wildman–Crippen MR) is 122 cm³/mol. The molecule has 2 aliphatic carbocycles. The van der Waals surface area contributed by atoms with Crippen molar-refractivity contribution in [2.75, 3.05) is 0 Å². The van der Waals surface area contributed by atoms with Crippen LogP contribution >= 0.6 is 0 Å². The van der Waals surface area contributed by atoms with Crippen LogP contribution in [0.5, 0.6) is 0 Å². The van der Waals surface area contributed by atoms with Crippen LogP contribution in [0.2, 0.25) is 0 Å². The van der Waals surface area contributed by atoms with E-state index in [4.69, 9.17) is 0 Å². The van der Waals surface area contributed by atoms with Gasteiger partial charge in [-0.15, -0.1) is 0 Å². The number of alkyl halides is 9. The zero-order valence-corrected chi connectivity index (χ0v) is 21.5. The van der Waals surface area contributed by atoms with E-state index in [2.05, 4.69) is 0 Å². The van der Waals surface area contributed by atoms with Gasteiger partial charge in [-0.05, 0) is 75.5 Å². The van der Waals surface area contributed by atoms with Crippen molar-refractivity contribution in [1.29, 1.82) is 0 Å². The minimum atomic E-state index is -5.10. The van der Waals surface area contributed by atoms with Crippen LogP contribution in [0.1, 0.15) is 71.6 Å². The fourth-order valence-electron chi connectivity index (χ4n) is 7.20. The van der Waals surface area contributed by atoms with Crippen LogP contribution in [0.15, 0.2) is 0 Å². The van der Waals surface area contributed by atoms with Crippen molar-refractivity contribution in [3.8, 4) is 0 Å². The normalized spacial score (nSPS) is 38.4. The summed E-state index contributed by atoms with van der Waals surface area (Å²) in [5.41, 5.74) is 0. The number of piperidine rings is 1. The standard InChI is InChI=1S/C26H38F9NO2/c1-12(2)11-17(37)19-18(13-5-9-16(27)10-6-13)20(23(26(33,34)35)36-21(19)24(28)29)22(38)14-3-7-15(8-4-14)25(30,31)32/h12-21,23-24,36-37H,3-11H2,1-2H3. The van der Waals surface area contributed by atoms with Gasteiger partial charge in [0.1, 0.15) is 18.0 Å². The van der Waals surface area contributed by atoms with Gasteiger partial charge in [0.2, 0.25) is 0 Å². The first-order valence-corrected chi connectivity index (χ1v) is 13.6. The second-order valence-electron chi connectivity index (χ2n) is 11.9. The average molecular weight is 568 g/mol. The number of aliphatic hydroxyl groups excluding tert-OH is 1. The monoisotopic (exact) mass is 567 g/mol. The highest BCUT2D eigenvalue weighted by Gasteiger charge is 2.61. The first-order valence-electron chi connectivity index (χ1n) is 13.6. The average Bonchev–Trinajstić information content (AvgIpc) is 2.81. The number of rotatable bonds is 7. The molecule has 0 spiro atoms. The van der Waals surface area contributed by atoms with E-state index in [1.807, 2.05) is 5.32 Å². The third-order valence-electron chi connectivity index (χ3n) is 8.95. The molecule has 6 unspecified atom stereocenters. The predicted octanol–water partition coefficient (Wildman–Crippen LogP) is 6.88. The van der Waals surface area contributed by atoms with E-state index < -0.39 is 97.3 Å². The summed E-state index contributed by atoms with van der Waals surface area (Å²) in [5.74, 6) is -9.06. The lowest BCUT2D eigenvalue weighted by Gasteiger charge is -2.53. The molecule has 3 fully saturated rings. The van der Waals surface area contributed by atoms with Gasteiger partial charge < -0.3 is 5.11 Å². The Morgan fingerprint density at radius 3 is 1.89 bits per heavy atom. The fraction of sp³-hybridized carbons (Fsp3) is 0.962. The molecule has 0 aromatic rings. The number of carbonyl (C=O) groups excluding carboxylic acids is 1. The molecule has 3 rings (SSSR count). The van der Waals surface area contributed by atoms with Crippen molar-refractivity contribution in [3.63, 3.8) is 0 Å². The molecule has 3 aliphatic rings. The Balaban J connectivity index is 2.04. The fourth-order valence-corrected chi connectivity index (χ4v) is 7.20. The van der Waals surface area contributed by atoms with Crippen LogP contribution in [0.3, 0.4) is 0 Å². The molecule has 3 nitrogen and oxygen atoms in total. The van der Waals surface area contributed by atoms with Crippen molar-refractivity contribution in [2.24, 2.45) is 41.4 Å². The molecule has 1 saturated heterocycles. The Morgan fingerprint density at radius 2 is 1.45 bits per heavy atom. The largest absolute Gasteiger partial charge is 0.404 e. The molecular formula is C26H38F9NO2. The smallest absolute Gasteiger partial charge is 0.393 e. The van der Waals surface area contributed by atoms with E-state index in [0.29, 0.717) is 0 Å². The number of hydrogen-bond acceptors (Lipinski definition) is 3. The second-order valence-corrected chi connectivity index (χ2v) is 11.9. The van der Waals surface area contributed by atoms with Gasteiger partial charge in [0, 0.05) is 17.8 Å². The van der Waals surface area contributed by atoms with Gasteiger partial charge in [0.15, 0.2) is 0 Å². The maximum absolute atomic E-state index is 14.4. The van der Waals surface area contributed by atoms with Crippen LogP contribution in [0, 0.1) is 41.4 Å². The van der Waals surface area contributed by atoms with Crippen molar-refractivity contribution in [3.05, 3.63) is 0 Å². The Hall–Kier alpha value is -1.04. The third kappa shape index (κ3) is 7.18. The SMILES string of the molecule is CC(C)CC(O)C1C(C(F)F)NC(C(F)(F)F)C(C(=O)C2CCC(C(F)(F)F)CC2)C1C1CCC(F)CC1. The molecule has 0 aromatic heterocycles. The Morgan fingerprint density at radius 1 is 0.895 bits per heavy atom. The van der Waals surface area contributed by atoms with Gasteiger partial charge in [-0.2, -0.15) is 26.3 Å². The maximum atomic E-state index is 14.4. The molecule has 6 atom stereocenters. The number of aliphatic hydroxyl groups is 1. The zero-order valence-electron chi connectivity index (χ0n) is 21.5. The molecule has 0 aromatic carbocycles. The number of carbonyl (C=O) groups is 1. The lowest BCUT2D eigenvalue weighted by molar-refractivity contribution is -0.209. The van der Waals surface area contributed by atoms with Gasteiger partial charge >= 0.3 is 12.4 Å². The highest BCUT2D eigenvalue weighted by molar-refractivity contribution is 5.85. The maximum Gasteiger partial charge on any atom is 0.404 e. The van der Waals surface area contributed by atoms with E-state index in [1.165, 1.54) is 0 Å². The Bertz CT molecular complexity index is 772. The number of hydrogen-bond donors (Lipinski definition) is 2. The summed E-state index contributed by atoms with van der Waals surface area (Å²) in [6.45, 7) is 3.45. The van der Waals surface area contributed by atoms with Crippen LogP contribution < -0.4 is 5.32 Å². The van der Waals surface area contributed by atoms with Crippen molar-refractivity contribution < 1.29 is 49.4 Å². The minimum absolute atomic E-state index is 0.00915. The number of ketones is 1. The summed E-state index contributed by atoms with van der Waals surface area (Å²) in [6, 6.07) is -4.68. The first kappa shape index (κ1) is 31.5. The van der Waals surface area contributed by atoms with Gasteiger partial charge in [-0.3, -0.25) is 10.1 Å². The summed E-state index contributed by atoms with van der Waals surface area (Å²) in [7, 11) is 0. The highest BCUT2D eigenvalue weighted by Crippen LogP contribution is 2.51. The van der Waals surface area contributed by atoms with Crippen LogP contribution in [0.4, 0.5) is 39.5 Å². The van der Waals surface area contributed by atoms with Crippen LogP contribution in [-0.2, 0) is 4.79 Å². The molecule has 2 N–H and O–H groups in total. The third-order valence-corrected chi connectivity index (χ3v) is 8.95. The van der Waals surface area contributed by atoms with E-state index in [1.54, 1.807) is 13.8 Å². The minimum Gasteiger partial charge on any atom is -0.393 e. The number of halogens is 9. The van der Waals surface area contributed by atoms with E-state index in [9.17, 15) is 49.4 Å². The van der Waals surface area contributed by atoms with Crippen LogP contribution in [-0.4, -0.2) is 54.0 Å². The summed E-state index contributed by atoms with van der Waals surface area (Å²) < 4.78 is 125. The Labute approximate surface area is 217 Å². The molecule has 1 heterocycles. The van der Waals surface area contributed by atoms with Gasteiger partial charge in [-0.1, -0.05) is 13.8 Å². The number of nitrogens with one attached hydrogen (secondary N) is 1.